The van der Waals surface area contributed by atoms with Crippen LogP contribution in [0, 0.1) is 17.2 Å². The van der Waals surface area contributed by atoms with Gasteiger partial charge in [-0.25, -0.2) is 0 Å². The maximum atomic E-state index is 8.98. The molecule has 0 aromatic rings. The van der Waals surface area contributed by atoms with Gasteiger partial charge in [0, 0.05) is 12.6 Å². The fourth-order valence-electron chi connectivity index (χ4n) is 3.20. The molecule has 2 aliphatic rings. The molecule has 2 fully saturated rings. The van der Waals surface area contributed by atoms with Gasteiger partial charge in [-0.15, -0.1) is 0 Å². The molecule has 2 rings (SSSR count). The summed E-state index contributed by atoms with van der Waals surface area (Å²) in [6.07, 6.45) is 7.73. The highest BCUT2D eigenvalue weighted by molar-refractivity contribution is 4.88. The van der Waals surface area contributed by atoms with Crippen LogP contribution in [0.5, 0.6) is 0 Å². The minimum atomic E-state index is 0.285. The number of likely N-dealkylation sites (tertiary alicyclic amines) is 2. The van der Waals surface area contributed by atoms with E-state index >= 15 is 0 Å². The summed E-state index contributed by atoms with van der Waals surface area (Å²) in [5.74, 6) is 0.285. The van der Waals surface area contributed by atoms with Gasteiger partial charge < -0.3 is 9.80 Å². The van der Waals surface area contributed by atoms with Crippen molar-refractivity contribution < 1.29 is 0 Å². The standard InChI is InChI=1S/C14H25N3/c1-16-8-3-2-6-14(16)7-10-17-9-4-5-13(11-15)12-17/h13-14H,2-10,12H2,1H3. The van der Waals surface area contributed by atoms with Gasteiger partial charge in [0.15, 0.2) is 0 Å². The lowest BCUT2D eigenvalue weighted by molar-refractivity contribution is 0.138. The smallest absolute Gasteiger partial charge is 0.0669 e. The zero-order valence-electron chi connectivity index (χ0n) is 11.1. The molecule has 0 saturated carbocycles. The summed E-state index contributed by atoms with van der Waals surface area (Å²) in [6, 6.07) is 3.21. The highest BCUT2D eigenvalue weighted by atomic mass is 15.2. The summed E-state index contributed by atoms with van der Waals surface area (Å²) in [7, 11) is 2.26. The van der Waals surface area contributed by atoms with Crippen LogP contribution < -0.4 is 0 Å². The molecule has 0 amide bonds. The lowest BCUT2D eigenvalue weighted by Gasteiger charge is -2.35. The maximum absolute atomic E-state index is 8.98. The lowest BCUT2D eigenvalue weighted by atomic mass is 9.97. The highest BCUT2D eigenvalue weighted by Crippen LogP contribution is 2.20. The van der Waals surface area contributed by atoms with Gasteiger partial charge in [0.2, 0.25) is 0 Å². The van der Waals surface area contributed by atoms with E-state index in [2.05, 4.69) is 22.9 Å². The van der Waals surface area contributed by atoms with Crippen molar-refractivity contribution in [2.75, 3.05) is 33.2 Å². The molecule has 0 N–H and O–H groups in total. The van der Waals surface area contributed by atoms with Gasteiger partial charge >= 0.3 is 0 Å². The van der Waals surface area contributed by atoms with Crippen LogP contribution >= 0.6 is 0 Å². The van der Waals surface area contributed by atoms with E-state index in [9.17, 15) is 0 Å². The molecule has 17 heavy (non-hydrogen) atoms. The molecule has 0 aromatic carbocycles. The molecule has 2 unspecified atom stereocenters. The monoisotopic (exact) mass is 235 g/mol. The van der Waals surface area contributed by atoms with Gasteiger partial charge in [-0.3, -0.25) is 0 Å². The molecule has 96 valence electrons. The van der Waals surface area contributed by atoms with E-state index in [1.807, 2.05) is 0 Å². The van der Waals surface area contributed by atoms with Gasteiger partial charge in [-0.05, 0) is 58.8 Å². The largest absolute Gasteiger partial charge is 0.303 e. The van der Waals surface area contributed by atoms with E-state index in [-0.39, 0.29) is 5.92 Å². The molecule has 0 aromatic heterocycles. The van der Waals surface area contributed by atoms with E-state index in [1.54, 1.807) is 0 Å². The zero-order valence-corrected chi connectivity index (χ0v) is 11.1. The Balaban J connectivity index is 1.72. The van der Waals surface area contributed by atoms with Gasteiger partial charge in [0.05, 0.1) is 12.0 Å². The first-order valence-electron chi connectivity index (χ1n) is 7.12. The Labute approximate surface area is 105 Å². The molecule has 3 nitrogen and oxygen atoms in total. The SMILES string of the molecule is CN1CCCCC1CCN1CCCC(C#N)C1. The summed E-state index contributed by atoms with van der Waals surface area (Å²) in [6.45, 7) is 4.67. The molecule has 0 aliphatic carbocycles. The summed E-state index contributed by atoms with van der Waals surface area (Å²) >= 11 is 0. The van der Waals surface area contributed by atoms with Crippen molar-refractivity contribution >= 4 is 0 Å². The Bertz CT molecular complexity index is 271. The quantitative estimate of drug-likeness (QED) is 0.750. The van der Waals surface area contributed by atoms with Gasteiger partial charge in [-0.1, -0.05) is 6.42 Å². The normalized spacial score (nSPS) is 32.2. The van der Waals surface area contributed by atoms with E-state index < -0.39 is 0 Å². The predicted molar refractivity (Wildman–Crippen MR) is 69.7 cm³/mol. The van der Waals surface area contributed by atoms with Crippen LogP contribution in [-0.4, -0.2) is 49.1 Å². The summed E-state index contributed by atoms with van der Waals surface area (Å²) in [5, 5.41) is 8.98. The van der Waals surface area contributed by atoms with Gasteiger partial charge in [0.25, 0.3) is 0 Å². The molecule has 0 radical (unpaired) electrons. The van der Waals surface area contributed by atoms with Crippen molar-refractivity contribution in [3.05, 3.63) is 0 Å². The van der Waals surface area contributed by atoms with Crippen LogP contribution in [0.2, 0.25) is 0 Å². The Morgan fingerprint density at radius 3 is 2.82 bits per heavy atom. The van der Waals surface area contributed by atoms with Gasteiger partial charge in [-0.2, -0.15) is 5.26 Å². The minimum Gasteiger partial charge on any atom is -0.303 e. The maximum Gasteiger partial charge on any atom is 0.0669 e. The van der Waals surface area contributed by atoms with E-state index in [1.165, 1.54) is 51.7 Å². The van der Waals surface area contributed by atoms with E-state index in [0.717, 1.165) is 19.0 Å². The molecular formula is C14H25N3. The average molecular weight is 235 g/mol. The summed E-state index contributed by atoms with van der Waals surface area (Å²) in [5.41, 5.74) is 0. The van der Waals surface area contributed by atoms with Crippen molar-refractivity contribution in [2.45, 2.75) is 44.6 Å². The van der Waals surface area contributed by atoms with Crippen LogP contribution in [0.1, 0.15) is 38.5 Å². The molecule has 0 bridgehead atoms. The second-order valence-corrected chi connectivity index (χ2v) is 5.69. The number of nitrogens with zero attached hydrogens (tertiary/aromatic N) is 3. The Kier molecular flexibility index (Phi) is 4.82. The van der Waals surface area contributed by atoms with Crippen molar-refractivity contribution in [2.24, 2.45) is 5.92 Å². The fourth-order valence-corrected chi connectivity index (χ4v) is 3.20. The Hall–Kier alpha value is -0.590. The Morgan fingerprint density at radius 1 is 1.18 bits per heavy atom. The molecule has 3 heteroatoms. The average Bonchev–Trinajstić information content (AvgIpc) is 2.38. The molecule has 0 spiro atoms. The molecule has 2 aliphatic heterocycles. The third kappa shape index (κ3) is 3.69. The molecule has 2 atom stereocenters. The van der Waals surface area contributed by atoms with Crippen LogP contribution in [0.15, 0.2) is 0 Å². The molecule has 2 saturated heterocycles. The minimum absolute atomic E-state index is 0.285. The van der Waals surface area contributed by atoms with Crippen LogP contribution in [0.3, 0.4) is 0 Å². The topological polar surface area (TPSA) is 30.3 Å². The highest BCUT2D eigenvalue weighted by Gasteiger charge is 2.22. The first-order valence-corrected chi connectivity index (χ1v) is 7.12. The van der Waals surface area contributed by atoms with Crippen LogP contribution in [0.4, 0.5) is 0 Å². The number of rotatable bonds is 3. The van der Waals surface area contributed by atoms with Crippen molar-refractivity contribution in [1.29, 1.82) is 5.26 Å². The number of hydrogen-bond donors (Lipinski definition) is 0. The molecule has 2 heterocycles. The third-order valence-electron chi connectivity index (χ3n) is 4.39. The second-order valence-electron chi connectivity index (χ2n) is 5.69. The first-order chi connectivity index (χ1) is 8.29. The lowest BCUT2D eigenvalue weighted by Crippen LogP contribution is -2.41. The third-order valence-corrected chi connectivity index (χ3v) is 4.39. The van der Waals surface area contributed by atoms with E-state index in [0.29, 0.717) is 0 Å². The Morgan fingerprint density at radius 2 is 2.06 bits per heavy atom. The van der Waals surface area contributed by atoms with Gasteiger partial charge in [0.1, 0.15) is 0 Å². The second kappa shape index (κ2) is 6.37. The first kappa shape index (κ1) is 12.9. The fraction of sp³-hybridized carbons (Fsp3) is 0.929. The van der Waals surface area contributed by atoms with Crippen molar-refractivity contribution in [3.8, 4) is 6.07 Å². The van der Waals surface area contributed by atoms with Crippen LogP contribution in [-0.2, 0) is 0 Å². The van der Waals surface area contributed by atoms with Crippen molar-refractivity contribution in [1.82, 2.24) is 9.80 Å². The summed E-state index contributed by atoms with van der Waals surface area (Å²) < 4.78 is 0. The number of piperidine rings is 2. The van der Waals surface area contributed by atoms with Crippen LogP contribution in [0.25, 0.3) is 0 Å². The van der Waals surface area contributed by atoms with E-state index in [4.69, 9.17) is 5.26 Å². The zero-order chi connectivity index (χ0) is 12.1. The number of nitriles is 1. The van der Waals surface area contributed by atoms with Crippen molar-refractivity contribution in [3.63, 3.8) is 0 Å². The predicted octanol–water partition coefficient (Wildman–Crippen LogP) is 2.10. The molecular weight excluding hydrogens is 210 g/mol. The number of hydrogen-bond acceptors (Lipinski definition) is 3. The summed E-state index contributed by atoms with van der Waals surface area (Å²) in [4.78, 5) is 5.02.